The third kappa shape index (κ3) is 8.00. The Hall–Kier alpha value is -0.880. The van der Waals surface area contributed by atoms with Crippen LogP contribution in [-0.2, 0) is 27.3 Å². The van der Waals surface area contributed by atoms with Crippen LogP contribution in [0.4, 0.5) is 0 Å². The van der Waals surface area contributed by atoms with Gasteiger partial charge < -0.3 is 24.1 Å². The third-order valence-corrected chi connectivity index (χ3v) is 2.76. The molecule has 0 fully saturated rings. The van der Waals surface area contributed by atoms with Gasteiger partial charge in [0.2, 0.25) is 0 Å². The molecule has 0 aliphatic heterocycles. The zero-order valence-electron chi connectivity index (χ0n) is 12.1. The maximum Gasteiger partial charge on any atom is 0.0700 e. The second-order valence-electron chi connectivity index (χ2n) is 4.39. The van der Waals surface area contributed by atoms with Crippen molar-refractivity contribution in [2.24, 2.45) is 0 Å². The SMILES string of the molecule is COCCNCc1ccn(CCCOCCOC)c1. The lowest BCUT2D eigenvalue weighted by atomic mass is 10.3. The molecule has 0 amide bonds. The molecular formula is C14H26N2O3. The first kappa shape index (κ1) is 16.2. The van der Waals surface area contributed by atoms with Crippen molar-refractivity contribution in [3.63, 3.8) is 0 Å². The van der Waals surface area contributed by atoms with Crippen LogP contribution in [0.5, 0.6) is 0 Å². The molecule has 1 heterocycles. The monoisotopic (exact) mass is 270 g/mol. The number of ether oxygens (including phenoxy) is 3. The molecule has 0 saturated heterocycles. The van der Waals surface area contributed by atoms with Crippen LogP contribution in [0.25, 0.3) is 0 Å². The van der Waals surface area contributed by atoms with Crippen molar-refractivity contribution < 1.29 is 14.2 Å². The number of rotatable bonds is 12. The number of aryl methyl sites for hydroxylation is 1. The van der Waals surface area contributed by atoms with Gasteiger partial charge in [0.1, 0.15) is 0 Å². The second-order valence-corrected chi connectivity index (χ2v) is 4.39. The Morgan fingerprint density at radius 1 is 1.11 bits per heavy atom. The minimum atomic E-state index is 0.667. The zero-order valence-corrected chi connectivity index (χ0v) is 12.1. The average molecular weight is 270 g/mol. The summed E-state index contributed by atoms with van der Waals surface area (Å²) in [4.78, 5) is 0. The molecule has 0 aliphatic rings. The molecule has 0 radical (unpaired) electrons. The highest BCUT2D eigenvalue weighted by molar-refractivity contribution is 5.09. The molecule has 0 aliphatic carbocycles. The van der Waals surface area contributed by atoms with E-state index in [1.54, 1.807) is 14.2 Å². The standard InChI is InChI=1S/C14H26N2O3/c1-17-9-5-15-12-14-4-7-16(13-14)6-3-8-19-11-10-18-2/h4,7,13,15H,3,5-6,8-12H2,1-2H3. The fraction of sp³-hybridized carbons (Fsp3) is 0.714. The summed E-state index contributed by atoms with van der Waals surface area (Å²) < 4.78 is 17.5. The molecule has 0 saturated carbocycles. The van der Waals surface area contributed by atoms with E-state index in [1.807, 2.05) is 0 Å². The van der Waals surface area contributed by atoms with Gasteiger partial charge in [0.05, 0.1) is 19.8 Å². The molecule has 0 spiro atoms. The van der Waals surface area contributed by atoms with Crippen LogP contribution < -0.4 is 5.32 Å². The number of aromatic nitrogens is 1. The number of methoxy groups -OCH3 is 2. The minimum Gasteiger partial charge on any atom is -0.383 e. The quantitative estimate of drug-likeness (QED) is 0.581. The van der Waals surface area contributed by atoms with Gasteiger partial charge in [0, 0.05) is 52.9 Å². The molecule has 5 heteroatoms. The molecule has 0 atom stereocenters. The lowest BCUT2D eigenvalue weighted by molar-refractivity contribution is 0.0680. The minimum absolute atomic E-state index is 0.667. The van der Waals surface area contributed by atoms with Gasteiger partial charge >= 0.3 is 0 Å². The van der Waals surface area contributed by atoms with Crippen LogP contribution in [0, 0.1) is 0 Å². The van der Waals surface area contributed by atoms with E-state index in [1.165, 1.54) is 5.56 Å². The predicted octanol–water partition coefficient (Wildman–Crippen LogP) is 1.28. The van der Waals surface area contributed by atoms with Crippen LogP contribution in [-0.4, -0.2) is 51.8 Å². The molecule has 19 heavy (non-hydrogen) atoms. The lowest BCUT2D eigenvalue weighted by Crippen LogP contribution is -2.18. The van der Waals surface area contributed by atoms with Crippen molar-refractivity contribution in [1.29, 1.82) is 0 Å². The third-order valence-electron chi connectivity index (χ3n) is 2.76. The lowest BCUT2D eigenvalue weighted by Gasteiger charge is -2.05. The fourth-order valence-corrected chi connectivity index (χ4v) is 1.73. The van der Waals surface area contributed by atoms with Crippen molar-refractivity contribution >= 4 is 0 Å². The largest absolute Gasteiger partial charge is 0.383 e. The molecule has 1 N–H and O–H groups in total. The summed E-state index contributed by atoms with van der Waals surface area (Å²) in [6, 6.07) is 2.14. The van der Waals surface area contributed by atoms with Crippen LogP contribution in [0.2, 0.25) is 0 Å². The van der Waals surface area contributed by atoms with E-state index in [9.17, 15) is 0 Å². The van der Waals surface area contributed by atoms with Gasteiger partial charge in [-0.3, -0.25) is 0 Å². The maximum atomic E-state index is 5.43. The van der Waals surface area contributed by atoms with E-state index in [0.29, 0.717) is 13.2 Å². The Balaban J connectivity index is 2.06. The predicted molar refractivity (Wildman–Crippen MR) is 75.3 cm³/mol. The van der Waals surface area contributed by atoms with Gasteiger partial charge in [-0.05, 0) is 18.1 Å². The van der Waals surface area contributed by atoms with Crippen molar-refractivity contribution in [3.8, 4) is 0 Å². The van der Waals surface area contributed by atoms with E-state index in [2.05, 4.69) is 28.3 Å². The zero-order chi connectivity index (χ0) is 13.8. The van der Waals surface area contributed by atoms with E-state index in [4.69, 9.17) is 14.2 Å². The van der Waals surface area contributed by atoms with Crippen LogP contribution in [0.15, 0.2) is 18.5 Å². The molecule has 110 valence electrons. The van der Waals surface area contributed by atoms with Gasteiger partial charge in [-0.2, -0.15) is 0 Å². The summed E-state index contributed by atoms with van der Waals surface area (Å²) in [6.45, 7) is 5.64. The normalized spacial score (nSPS) is 11.1. The van der Waals surface area contributed by atoms with Gasteiger partial charge in [-0.1, -0.05) is 0 Å². The second kappa shape index (κ2) is 11.0. The van der Waals surface area contributed by atoms with Crippen molar-refractivity contribution in [2.75, 3.05) is 47.2 Å². The molecule has 0 unspecified atom stereocenters. The van der Waals surface area contributed by atoms with Crippen LogP contribution >= 0.6 is 0 Å². The van der Waals surface area contributed by atoms with Crippen molar-refractivity contribution in [1.82, 2.24) is 9.88 Å². The first-order valence-corrected chi connectivity index (χ1v) is 6.78. The Kier molecular flexibility index (Phi) is 9.36. The maximum absolute atomic E-state index is 5.43. The number of nitrogens with zero attached hydrogens (tertiary/aromatic N) is 1. The molecule has 1 rings (SSSR count). The van der Waals surface area contributed by atoms with Gasteiger partial charge in [0.25, 0.3) is 0 Å². The summed E-state index contributed by atoms with van der Waals surface area (Å²) in [6.07, 6.45) is 5.31. The fourth-order valence-electron chi connectivity index (χ4n) is 1.73. The van der Waals surface area contributed by atoms with Gasteiger partial charge in [-0.25, -0.2) is 0 Å². The summed E-state index contributed by atoms with van der Waals surface area (Å²) in [5.74, 6) is 0. The highest BCUT2D eigenvalue weighted by Crippen LogP contribution is 2.02. The average Bonchev–Trinajstić information content (AvgIpc) is 2.87. The Labute approximate surface area is 115 Å². The smallest absolute Gasteiger partial charge is 0.0700 e. The molecule has 1 aromatic heterocycles. The summed E-state index contributed by atoms with van der Waals surface area (Å²) in [7, 11) is 3.40. The molecular weight excluding hydrogens is 244 g/mol. The highest BCUT2D eigenvalue weighted by atomic mass is 16.5. The molecule has 5 nitrogen and oxygen atoms in total. The number of hydrogen-bond donors (Lipinski definition) is 1. The number of hydrogen-bond acceptors (Lipinski definition) is 4. The van der Waals surface area contributed by atoms with Crippen LogP contribution in [0.1, 0.15) is 12.0 Å². The highest BCUT2D eigenvalue weighted by Gasteiger charge is 1.97. The van der Waals surface area contributed by atoms with Crippen molar-refractivity contribution in [3.05, 3.63) is 24.0 Å². The Morgan fingerprint density at radius 3 is 2.74 bits per heavy atom. The summed E-state index contributed by atoms with van der Waals surface area (Å²) in [5, 5.41) is 3.33. The topological polar surface area (TPSA) is 44.7 Å². The van der Waals surface area contributed by atoms with Gasteiger partial charge in [-0.15, -0.1) is 0 Å². The molecule has 0 aromatic carbocycles. The number of nitrogens with one attached hydrogen (secondary N) is 1. The Bertz CT molecular complexity index is 315. The molecule has 1 aromatic rings. The summed E-state index contributed by atoms with van der Waals surface area (Å²) >= 11 is 0. The van der Waals surface area contributed by atoms with E-state index < -0.39 is 0 Å². The van der Waals surface area contributed by atoms with Gasteiger partial charge in [0.15, 0.2) is 0 Å². The first-order chi connectivity index (χ1) is 9.36. The Morgan fingerprint density at radius 2 is 1.95 bits per heavy atom. The van der Waals surface area contributed by atoms with Crippen molar-refractivity contribution in [2.45, 2.75) is 19.5 Å². The van der Waals surface area contributed by atoms with Crippen LogP contribution in [0.3, 0.4) is 0 Å². The molecule has 0 bridgehead atoms. The van der Waals surface area contributed by atoms with E-state index in [-0.39, 0.29) is 0 Å². The first-order valence-electron chi connectivity index (χ1n) is 6.78. The van der Waals surface area contributed by atoms with E-state index >= 15 is 0 Å². The van der Waals surface area contributed by atoms with E-state index in [0.717, 1.165) is 39.3 Å². The summed E-state index contributed by atoms with van der Waals surface area (Å²) in [5.41, 5.74) is 1.30.